The van der Waals surface area contributed by atoms with Crippen LogP contribution in [-0.4, -0.2) is 64.4 Å². The first kappa shape index (κ1) is 27.2. The normalized spacial score (nSPS) is 17.5. The lowest BCUT2D eigenvalue weighted by molar-refractivity contribution is 0.100. The van der Waals surface area contributed by atoms with Crippen LogP contribution in [0.2, 0.25) is 0 Å². The minimum Gasteiger partial charge on any atom is -0.321 e. The molecule has 0 unspecified atom stereocenters. The number of nitrogens with zero attached hydrogens (tertiary/aromatic N) is 4. The summed E-state index contributed by atoms with van der Waals surface area (Å²) >= 11 is 0. The second kappa shape index (κ2) is 10.6. The summed E-state index contributed by atoms with van der Waals surface area (Å²) in [5.74, 6) is -0.219. The molecule has 0 N–H and O–H groups in total. The number of piperidine rings is 1. The molecule has 0 spiro atoms. The fourth-order valence-corrected chi connectivity index (χ4v) is 7.33. The first-order valence-electron chi connectivity index (χ1n) is 12.7. The number of anilines is 1. The lowest BCUT2D eigenvalue weighted by Crippen LogP contribution is -2.35. The van der Waals surface area contributed by atoms with Gasteiger partial charge < -0.3 is 4.90 Å². The number of rotatable bonds is 6. The van der Waals surface area contributed by atoms with Crippen molar-refractivity contribution >= 4 is 37.5 Å². The van der Waals surface area contributed by atoms with Crippen LogP contribution in [0.5, 0.6) is 0 Å². The van der Waals surface area contributed by atoms with Crippen LogP contribution in [0, 0.1) is 0 Å². The highest BCUT2D eigenvalue weighted by Crippen LogP contribution is 2.32. The van der Waals surface area contributed by atoms with E-state index >= 15 is 0 Å². The number of carbonyl (C=O) groups excluding carboxylic acids is 1. The van der Waals surface area contributed by atoms with E-state index in [-0.39, 0.29) is 15.4 Å². The quantitative estimate of drug-likeness (QED) is 0.450. The van der Waals surface area contributed by atoms with Crippen LogP contribution < -0.4 is 4.90 Å². The maximum atomic E-state index is 13.3. The van der Waals surface area contributed by atoms with Crippen molar-refractivity contribution in [2.24, 2.45) is 4.99 Å². The van der Waals surface area contributed by atoms with Gasteiger partial charge in [-0.1, -0.05) is 42.8 Å². The average molecular weight is 567 g/mol. The fourth-order valence-electron chi connectivity index (χ4n) is 4.83. The molecule has 1 saturated heterocycles. The predicted octanol–water partition coefficient (Wildman–Crippen LogP) is 3.72. The third-order valence-electron chi connectivity index (χ3n) is 6.99. The number of hydrogen-bond acceptors (Lipinski definition) is 5. The van der Waals surface area contributed by atoms with Crippen molar-refractivity contribution in [1.82, 2.24) is 8.61 Å². The Balaban J connectivity index is 1.53. The smallest absolute Gasteiger partial charge is 0.279 e. The van der Waals surface area contributed by atoms with Crippen molar-refractivity contribution in [3.63, 3.8) is 0 Å². The minimum absolute atomic E-state index is 0.00199. The van der Waals surface area contributed by atoms with Gasteiger partial charge in [0, 0.05) is 44.0 Å². The maximum absolute atomic E-state index is 13.3. The fraction of sp³-hybridized carbons (Fsp3) is 0.286. The summed E-state index contributed by atoms with van der Waals surface area (Å²) in [4.78, 5) is 19.8. The van der Waals surface area contributed by atoms with Crippen LogP contribution in [0.1, 0.15) is 40.7 Å². The standard InChI is InChI=1S/C28H30N4O5S2/c1-30(2)38(34,35)24-13-8-11-21(18-24)28(33)29-27-26-15-5-4-10-22(26)20-32(27)23-12-9-14-25(19-23)39(36,37)31-16-6-3-7-17-31/h4-5,8-15,18-19H,3,6-7,16-17,20H2,1-2H3. The minimum atomic E-state index is -3.73. The zero-order valence-electron chi connectivity index (χ0n) is 21.8. The topological polar surface area (TPSA) is 107 Å². The van der Waals surface area contributed by atoms with Crippen molar-refractivity contribution in [3.8, 4) is 0 Å². The molecule has 1 amide bonds. The Morgan fingerprint density at radius 3 is 2.26 bits per heavy atom. The highest BCUT2D eigenvalue weighted by Gasteiger charge is 2.30. The molecule has 3 aromatic rings. The summed E-state index contributed by atoms with van der Waals surface area (Å²) in [6, 6.07) is 20.1. The molecule has 9 nitrogen and oxygen atoms in total. The van der Waals surface area contributed by atoms with Gasteiger partial charge in [-0.2, -0.15) is 9.30 Å². The van der Waals surface area contributed by atoms with Gasteiger partial charge >= 0.3 is 0 Å². The lowest BCUT2D eigenvalue weighted by Gasteiger charge is -2.26. The van der Waals surface area contributed by atoms with E-state index in [0.29, 0.717) is 31.2 Å². The molecule has 0 saturated carbocycles. The van der Waals surface area contributed by atoms with Crippen molar-refractivity contribution in [1.29, 1.82) is 0 Å². The molecule has 0 radical (unpaired) electrons. The van der Waals surface area contributed by atoms with E-state index in [1.807, 2.05) is 29.2 Å². The molecule has 2 heterocycles. The summed E-state index contributed by atoms with van der Waals surface area (Å²) in [5.41, 5.74) is 2.43. The van der Waals surface area contributed by atoms with Crippen molar-refractivity contribution < 1.29 is 21.6 Å². The third-order valence-corrected chi connectivity index (χ3v) is 10.7. The first-order chi connectivity index (χ1) is 18.6. The van der Waals surface area contributed by atoms with Crippen LogP contribution in [0.3, 0.4) is 0 Å². The second-order valence-corrected chi connectivity index (χ2v) is 13.9. The summed E-state index contributed by atoms with van der Waals surface area (Å²) in [7, 11) is -4.53. The van der Waals surface area contributed by atoms with E-state index in [2.05, 4.69) is 4.99 Å². The van der Waals surface area contributed by atoms with Crippen molar-refractivity contribution in [2.45, 2.75) is 35.6 Å². The highest BCUT2D eigenvalue weighted by atomic mass is 32.2. The monoisotopic (exact) mass is 566 g/mol. The molecule has 3 aromatic carbocycles. The Bertz CT molecular complexity index is 1660. The Morgan fingerprint density at radius 2 is 1.51 bits per heavy atom. The largest absolute Gasteiger partial charge is 0.321 e. The second-order valence-electron chi connectivity index (χ2n) is 9.76. The Morgan fingerprint density at radius 1 is 0.821 bits per heavy atom. The number of amidine groups is 1. The Labute approximate surface area is 229 Å². The molecule has 0 aliphatic carbocycles. The highest BCUT2D eigenvalue weighted by molar-refractivity contribution is 7.89. The number of carbonyl (C=O) groups is 1. The van der Waals surface area contributed by atoms with E-state index < -0.39 is 26.0 Å². The SMILES string of the molecule is CN(C)S(=O)(=O)c1cccc(C(=O)N=C2c3ccccc3CN2c2cccc(S(=O)(=O)N3CCCCC3)c2)c1. The zero-order valence-corrected chi connectivity index (χ0v) is 23.5. The van der Waals surface area contributed by atoms with Crippen molar-refractivity contribution in [2.75, 3.05) is 32.1 Å². The molecule has 11 heteroatoms. The van der Waals surface area contributed by atoms with Crippen molar-refractivity contribution in [3.05, 3.63) is 89.5 Å². The van der Waals surface area contributed by atoms with Gasteiger partial charge in [-0.05, 0) is 54.8 Å². The van der Waals surface area contributed by atoms with Crippen LogP contribution in [-0.2, 0) is 26.6 Å². The van der Waals surface area contributed by atoms with E-state index in [1.54, 1.807) is 24.3 Å². The number of aliphatic imine (C=N–C) groups is 1. The number of hydrogen-bond donors (Lipinski definition) is 0. The number of benzene rings is 3. The Hall–Kier alpha value is -3.38. The molecule has 0 aromatic heterocycles. The van der Waals surface area contributed by atoms with Gasteiger partial charge in [-0.15, -0.1) is 0 Å². The lowest BCUT2D eigenvalue weighted by atomic mass is 10.1. The first-order valence-corrected chi connectivity index (χ1v) is 15.6. The molecule has 204 valence electrons. The van der Waals surface area contributed by atoms with Crippen LogP contribution >= 0.6 is 0 Å². The van der Waals surface area contributed by atoms with Gasteiger partial charge in [0.2, 0.25) is 20.0 Å². The predicted molar refractivity (Wildman–Crippen MR) is 150 cm³/mol. The molecule has 39 heavy (non-hydrogen) atoms. The van der Waals surface area contributed by atoms with Crippen LogP contribution in [0.15, 0.2) is 87.6 Å². The van der Waals surface area contributed by atoms with E-state index in [4.69, 9.17) is 0 Å². The maximum Gasteiger partial charge on any atom is 0.279 e. The molecule has 0 atom stereocenters. The van der Waals surface area contributed by atoms with E-state index in [1.165, 1.54) is 42.7 Å². The number of sulfonamides is 2. The van der Waals surface area contributed by atoms with Crippen LogP contribution in [0.25, 0.3) is 0 Å². The van der Waals surface area contributed by atoms with Gasteiger partial charge in [0.05, 0.1) is 16.3 Å². The molecular formula is C28H30N4O5S2. The van der Waals surface area contributed by atoms with Gasteiger partial charge in [0.1, 0.15) is 5.84 Å². The van der Waals surface area contributed by atoms with E-state index in [9.17, 15) is 21.6 Å². The van der Waals surface area contributed by atoms with Gasteiger partial charge in [0.25, 0.3) is 5.91 Å². The van der Waals surface area contributed by atoms with Gasteiger partial charge in [0.15, 0.2) is 0 Å². The molecular weight excluding hydrogens is 536 g/mol. The van der Waals surface area contributed by atoms with E-state index in [0.717, 1.165) is 34.7 Å². The molecule has 2 aliphatic rings. The van der Waals surface area contributed by atoms with Crippen LogP contribution in [0.4, 0.5) is 5.69 Å². The molecule has 5 rings (SSSR count). The summed E-state index contributed by atoms with van der Waals surface area (Å²) in [6.07, 6.45) is 2.71. The number of fused-ring (bicyclic) bond motifs is 1. The van der Waals surface area contributed by atoms with Gasteiger partial charge in [-0.3, -0.25) is 4.79 Å². The third kappa shape index (κ3) is 5.27. The zero-order chi connectivity index (χ0) is 27.8. The Kier molecular flexibility index (Phi) is 7.43. The molecule has 2 aliphatic heterocycles. The molecule has 0 bridgehead atoms. The summed E-state index contributed by atoms with van der Waals surface area (Å²) in [6.45, 7) is 1.42. The number of amides is 1. The summed E-state index contributed by atoms with van der Waals surface area (Å²) in [5, 5.41) is 0. The molecule has 1 fully saturated rings. The average Bonchev–Trinajstić information content (AvgIpc) is 3.31. The summed E-state index contributed by atoms with van der Waals surface area (Å²) < 4.78 is 54.5. The van der Waals surface area contributed by atoms with Gasteiger partial charge in [-0.25, -0.2) is 21.1 Å².